The smallest absolute Gasteiger partial charge is 0.0994 e. The highest BCUT2D eigenvalue weighted by molar-refractivity contribution is 5.09. The molecular weight excluding hydrogens is 200 g/mol. The van der Waals surface area contributed by atoms with Gasteiger partial charge in [0.15, 0.2) is 0 Å². The van der Waals surface area contributed by atoms with Gasteiger partial charge in [0.25, 0.3) is 0 Å². The van der Waals surface area contributed by atoms with Crippen LogP contribution in [-0.4, -0.2) is 15.0 Å². The first kappa shape index (κ1) is 13.2. The van der Waals surface area contributed by atoms with Crippen molar-refractivity contribution in [1.82, 2.24) is 15.0 Å². The molecule has 0 saturated carbocycles. The first-order valence-corrected chi connectivity index (χ1v) is 6.44. The third-order valence-electron chi connectivity index (χ3n) is 2.82. The van der Waals surface area contributed by atoms with Gasteiger partial charge in [-0.15, -0.1) is 5.10 Å². The third kappa shape index (κ3) is 3.59. The van der Waals surface area contributed by atoms with E-state index < -0.39 is 0 Å². The highest BCUT2D eigenvalue weighted by Gasteiger charge is 2.09. The van der Waals surface area contributed by atoms with Crippen molar-refractivity contribution in [2.45, 2.75) is 65.5 Å². The van der Waals surface area contributed by atoms with Crippen LogP contribution in [0.5, 0.6) is 0 Å². The predicted molar refractivity (Wildman–Crippen MR) is 66.1 cm³/mol. The Hall–Kier alpha value is -0.900. The monoisotopic (exact) mass is 224 g/mol. The Morgan fingerprint density at radius 1 is 1.12 bits per heavy atom. The molecule has 0 atom stereocenters. The summed E-state index contributed by atoms with van der Waals surface area (Å²) in [4.78, 5) is 0. The lowest BCUT2D eigenvalue weighted by Crippen LogP contribution is -2.08. The summed E-state index contributed by atoms with van der Waals surface area (Å²) in [5.41, 5.74) is 7.86. The van der Waals surface area contributed by atoms with Crippen molar-refractivity contribution in [2.75, 3.05) is 0 Å². The van der Waals surface area contributed by atoms with E-state index in [4.69, 9.17) is 5.73 Å². The van der Waals surface area contributed by atoms with Crippen LogP contribution in [0.15, 0.2) is 0 Å². The highest BCUT2D eigenvalue weighted by atomic mass is 15.4. The lowest BCUT2D eigenvalue weighted by molar-refractivity contribution is 0.510. The Balaban J connectivity index is 2.53. The molecule has 4 nitrogen and oxygen atoms in total. The van der Waals surface area contributed by atoms with Gasteiger partial charge in [-0.25, -0.2) is 4.68 Å². The van der Waals surface area contributed by atoms with Crippen LogP contribution < -0.4 is 5.73 Å². The molecule has 0 spiro atoms. The molecule has 0 aliphatic heterocycles. The lowest BCUT2D eigenvalue weighted by Gasteiger charge is -2.06. The molecule has 0 saturated heterocycles. The van der Waals surface area contributed by atoms with E-state index in [1.807, 2.05) is 4.68 Å². The van der Waals surface area contributed by atoms with Crippen LogP contribution in [-0.2, 0) is 19.5 Å². The molecule has 16 heavy (non-hydrogen) atoms. The normalized spacial score (nSPS) is 10.9. The largest absolute Gasteiger partial charge is 0.325 e. The third-order valence-corrected chi connectivity index (χ3v) is 2.82. The maximum absolute atomic E-state index is 5.65. The van der Waals surface area contributed by atoms with Crippen molar-refractivity contribution in [3.63, 3.8) is 0 Å². The molecule has 4 heteroatoms. The van der Waals surface area contributed by atoms with Crippen LogP contribution in [0, 0.1) is 0 Å². The minimum atomic E-state index is 0.504. The van der Waals surface area contributed by atoms with Gasteiger partial charge in [-0.2, -0.15) is 0 Å². The topological polar surface area (TPSA) is 56.7 Å². The average Bonchev–Trinajstić information content (AvgIpc) is 2.68. The van der Waals surface area contributed by atoms with Crippen molar-refractivity contribution in [1.29, 1.82) is 0 Å². The summed E-state index contributed by atoms with van der Waals surface area (Å²) in [7, 11) is 0. The zero-order valence-corrected chi connectivity index (χ0v) is 10.6. The van der Waals surface area contributed by atoms with E-state index >= 15 is 0 Å². The maximum Gasteiger partial charge on any atom is 0.0994 e. The van der Waals surface area contributed by atoms with Gasteiger partial charge in [-0.05, 0) is 12.8 Å². The predicted octanol–water partition coefficient (Wildman–Crippen LogP) is 2.27. The summed E-state index contributed by atoms with van der Waals surface area (Å²) in [5, 5.41) is 8.33. The Labute approximate surface area is 98.2 Å². The number of nitrogens with zero attached hydrogens (tertiary/aromatic N) is 3. The van der Waals surface area contributed by atoms with Crippen LogP contribution in [0.2, 0.25) is 0 Å². The van der Waals surface area contributed by atoms with Crippen LogP contribution in [0.3, 0.4) is 0 Å². The van der Waals surface area contributed by atoms with Crippen LogP contribution in [0.4, 0.5) is 0 Å². The van der Waals surface area contributed by atoms with E-state index in [0.717, 1.165) is 25.1 Å². The maximum atomic E-state index is 5.65. The van der Waals surface area contributed by atoms with E-state index in [1.165, 1.54) is 31.4 Å². The molecule has 0 aliphatic carbocycles. The summed E-state index contributed by atoms with van der Waals surface area (Å²) < 4.78 is 2.04. The average molecular weight is 224 g/mol. The second-order valence-electron chi connectivity index (χ2n) is 4.22. The zero-order chi connectivity index (χ0) is 11.8. The molecule has 0 fully saturated rings. The summed E-state index contributed by atoms with van der Waals surface area (Å²) in [6.07, 6.45) is 7.20. The Bertz CT molecular complexity index is 293. The number of nitrogens with two attached hydrogens (primary N) is 1. The molecule has 92 valence electrons. The van der Waals surface area contributed by atoms with Gasteiger partial charge in [0.05, 0.1) is 11.4 Å². The van der Waals surface area contributed by atoms with E-state index in [2.05, 4.69) is 24.2 Å². The van der Waals surface area contributed by atoms with Crippen molar-refractivity contribution >= 4 is 0 Å². The fourth-order valence-corrected chi connectivity index (χ4v) is 1.91. The molecule has 0 bridgehead atoms. The molecule has 0 radical (unpaired) electrons. The van der Waals surface area contributed by atoms with E-state index in [9.17, 15) is 0 Å². The molecule has 1 rings (SSSR count). The minimum absolute atomic E-state index is 0.504. The van der Waals surface area contributed by atoms with Gasteiger partial charge in [0.1, 0.15) is 0 Å². The van der Waals surface area contributed by atoms with Gasteiger partial charge in [0, 0.05) is 13.1 Å². The van der Waals surface area contributed by atoms with Crippen molar-refractivity contribution in [3.8, 4) is 0 Å². The number of hydrogen-bond donors (Lipinski definition) is 1. The molecule has 0 aromatic carbocycles. The Morgan fingerprint density at radius 3 is 2.56 bits per heavy atom. The SMILES string of the molecule is CCCCCCn1nnc(CN)c1CCC. The number of aryl methyl sites for hydroxylation is 1. The van der Waals surface area contributed by atoms with Gasteiger partial charge < -0.3 is 5.73 Å². The number of aromatic nitrogens is 3. The Kier molecular flexibility index (Phi) is 6.08. The minimum Gasteiger partial charge on any atom is -0.325 e. The highest BCUT2D eigenvalue weighted by Crippen LogP contribution is 2.10. The molecule has 1 aromatic heterocycles. The van der Waals surface area contributed by atoms with Crippen LogP contribution >= 0.6 is 0 Å². The molecule has 1 heterocycles. The van der Waals surface area contributed by atoms with Crippen molar-refractivity contribution in [2.24, 2.45) is 5.73 Å². The van der Waals surface area contributed by atoms with Crippen molar-refractivity contribution in [3.05, 3.63) is 11.4 Å². The Morgan fingerprint density at radius 2 is 1.94 bits per heavy atom. The van der Waals surface area contributed by atoms with Crippen molar-refractivity contribution < 1.29 is 0 Å². The molecule has 0 unspecified atom stereocenters. The number of hydrogen-bond acceptors (Lipinski definition) is 3. The fraction of sp³-hybridized carbons (Fsp3) is 0.833. The first-order chi connectivity index (χ1) is 7.83. The summed E-state index contributed by atoms with van der Waals surface area (Å²) in [6.45, 7) is 5.89. The van der Waals surface area contributed by atoms with Crippen LogP contribution in [0.1, 0.15) is 57.3 Å². The van der Waals surface area contributed by atoms with Crippen LogP contribution in [0.25, 0.3) is 0 Å². The molecule has 2 N–H and O–H groups in total. The van der Waals surface area contributed by atoms with E-state index in [1.54, 1.807) is 0 Å². The standard InChI is InChI=1S/C12H24N4/c1-3-5-6-7-9-16-12(8-4-2)11(10-13)14-15-16/h3-10,13H2,1-2H3. The molecular formula is C12H24N4. The summed E-state index contributed by atoms with van der Waals surface area (Å²) in [6, 6.07) is 0. The van der Waals surface area contributed by atoms with E-state index in [-0.39, 0.29) is 0 Å². The fourth-order valence-electron chi connectivity index (χ4n) is 1.91. The van der Waals surface area contributed by atoms with Gasteiger partial charge in [0.2, 0.25) is 0 Å². The molecule has 0 aliphatic rings. The van der Waals surface area contributed by atoms with Gasteiger partial charge in [-0.1, -0.05) is 44.7 Å². The first-order valence-electron chi connectivity index (χ1n) is 6.44. The summed E-state index contributed by atoms with van der Waals surface area (Å²) in [5.74, 6) is 0. The van der Waals surface area contributed by atoms with Gasteiger partial charge in [-0.3, -0.25) is 0 Å². The molecule has 1 aromatic rings. The quantitative estimate of drug-likeness (QED) is 0.689. The van der Waals surface area contributed by atoms with E-state index in [0.29, 0.717) is 6.54 Å². The number of rotatable bonds is 8. The molecule has 0 amide bonds. The second kappa shape index (κ2) is 7.39. The second-order valence-corrected chi connectivity index (χ2v) is 4.22. The summed E-state index contributed by atoms with van der Waals surface area (Å²) >= 11 is 0. The zero-order valence-electron chi connectivity index (χ0n) is 10.6. The lowest BCUT2D eigenvalue weighted by atomic mass is 10.2. The number of unbranched alkanes of at least 4 members (excludes halogenated alkanes) is 3. The van der Waals surface area contributed by atoms with Gasteiger partial charge >= 0.3 is 0 Å².